The van der Waals surface area contributed by atoms with Crippen LogP contribution < -0.4 is 43.8 Å². The second-order valence-corrected chi connectivity index (χ2v) is 13.0. The molecule has 0 unspecified atom stereocenters. The molecule has 1 aromatic carbocycles. The Balaban J connectivity index is 3.29. The fraction of sp³-hybridized carbons (Fsp3) is 0.600. The summed E-state index contributed by atoms with van der Waals surface area (Å²) >= 11 is 0. The molecule has 0 radical (unpaired) electrons. The van der Waals surface area contributed by atoms with Crippen LogP contribution in [0.5, 0.6) is 5.75 Å². The van der Waals surface area contributed by atoms with Crippen molar-refractivity contribution < 1.29 is 39.0 Å². The Morgan fingerprint density at radius 1 is 0.686 bits per heavy atom. The molecule has 0 saturated carbocycles. The minimum atomic E-state index is -1.26. The number of nitrogens with one attached hydrogen (secondary N) is 5. The Kier molecular flexibility index (Phi) is 20.7. The van der Waals surface area contributed by atoms with E-state index < -0.39 is 71.8 Å². The van der Waals surface area contributed by atoms with E-state index in [-0.39, 0.29) is 43.8 Å². The summed E-state index contributed by atoms with van der Waals surface area (Å²) in [5.41, 5.74) is 17.5. The van der Waals surface area contributed by atoms with Crippen molar-refractivity contribution in [3.05, 3.63) is 42.5 Å². The van der Waals surface area contributed by atoms with E-state index in [2.05, 4.69) is 33.2 Å². The number of carboxylic acids is 1. The SMILES string of the molecule is C=CC[C@@H](NC(=O)[C@H](CCCCN)NC(=O)[C@H](CCCCN)NC(=O)[C@@H](C)N)C(=O)N[C@@H](Cc1ccc(O)cc1)C(=O)N[C@@H](CC(C)C)C(=O)O. The molecule has 0 aliphatic rings. The van der Waals surface area contributed by atoms with E-state index in [0.717, 1.165) is 0 Å². The molecule has 1 aromatic rings. The number of aliphatic carboxylic acids is 1. The minimum Gasteiger partial charge on any atom is -0.508 e. The minimum absolute atomic E-state index is 0.00766. The number of hydrogen-bond donors (Lipinski definition) is 10. The van der Waals surface area contributed by atoms with Crippen LogP contribution in [-0.2, 0) is 35.2 Å². The predicted molar refractivity (Wildman–Crippen MR) is 193 cm³/mol. The van der Waals surface area contributed by atoms with Gasteiger partial charge in [0.1, 0.15) is 36.0 Å². The Morgan fingerprint density at radius 3 is 1.57 bits per heavy atom. The summed E-state index contributed by atoms with van der Waals surface area (Å²) in [6.07, 6.45) is 4.03. The monoisotopic (exact) mass is 718 g/mol. The van der Waals surface area contributed by atoms with Crippen LogP contribution in [0.3, 0.4) is 0 Å². The molecule has 0 saturated heterocycles. The number of aromatic hydroxyl groups is 1. The lowest BCUT2D eigenvalue weighted by Crippen LogP contribution is -2.59. The number of carbonyl (C=O) groups is 6. The number of phenolic OH excluding ortho intramolecular Hbond substituents is 1. The van der Waals surface area contributed by atoms with E-state index >= 15 is 0 Å². The second-order valence-electron chi connectivity index (χ2n) is 13.0. The lowest BCUT2D eigenvalue weighted by molar-refractivity contribution is -0.142. The average Bonchev–Trinajstić information content (AvgIpc) is 3.07. The molecule has 0 fully saturated rings. The quantitative estimate of drug-likeness (QED) is 0.0462. The van der Waals surface area contributed by atoms with Crippen LogP contribution in [0, 0.1) is 5.92 Å². The highest BCUT2D eigenvalue weighted by Crippen LogP contribution is 2.13. The van der Waals surface area contributed by atoms with Crippen molar-refractivity contribution in [2.24, 2.45) is 23.1 Å². The third-order valence-electron chi connectivity index (χ3n) is 7.94. The number of amides is 5. The van der Waals surface area contributed by atoms with Crippen LogP contribution in [-0.4, -0.2) is 95.1 Å². The summed E-state index contributed by atoms with van der Waals surface area (Å²) < 4.78 is 0. The fourth-order valence-electron chi connectivity index (χ4n) is 5.08. The van der Waals surface area contributed by atoms with Crippen LogP contribution in [0.2, 0.25) is 0 Å². The Hall–Kier alpha value is -4.54. The largest absolute Gasteiger partial charge is 0.508 e. The first-order valence-electron chi connectivity index (χ1n) is 17.4. The van der Waals surface area contributed by atoms with Gasteiger partial charge in [-0.2, -0.15) is 0 Å². The van der Waals surface area contributed by atoms with E-state index in [1.807, 2.05) is 13.8 Å². The van der Waals surface area contributed by atoms with E-state index in [9.17, 15) is 39.0 Å². The lowest BCUT2D eigenvalue weighted by atomic mass is 10.0. The third kappa shape index (κ3) is 17.3. The maximum atomic E-state index is 13.7. The van der Waals surface area contributed by atoms with Crippen molar-refractivity contribution >= 4 is 35.5 Å². The van der Waals surface area contributed by atoms with Gasteiger partial charge >= 0.3 is 5.97 Å². The van der Waals surface area contributed by atoms with Gasteiger partial charge in [0.15, 0.2) is 0 Å². The highest BCUT2D eigenvalue weighted by Gasteiger charge is 2.32. The lowest BCUT2D eigenvalue weighted by Gasteiger charge is -2.27. The molecule has 0 aliphatic carbocycles. The molecule has 13 N–H and O–H groups in total. The number of carboxylic acid groups (broad SMARTS) is 1. The maximum absolute atomic E-state index is 13.7. The molecule has 5 amide bonds. The first-order chi connectivity index (χ1) is 24.1. The highest BCUT2D eigenvalue weighted by molar-refractivity contribution is 5.96. The van der Waals surface area contributed by atoms with Crippen molar-refractivity contribution in [3.63, 3.8) is 0 Å². The van der Waals surface area contributed by atoms with Crippen LogP contribution in [0.1, 0.15) is 77.7 Å². The van der Waals surface area contributed by atoms with Crippen molar-refractivity contribution in [3.8, 4) is 5.75 Å². The molecular weight excluding hydrogens is 660 g/mol. The zero-order valence-corrected chi connectivity index (χ0v) is 30.0. The number of carbonyl (C=O) groups excluding carboxylic acids is 5. The van der Waals surface area contributed by atoms with Gasteiger partial charge in [-0.1, -0.05) is 32.1 Å². The van der Waals surface area contributed by atoms with Gasteiger partial charge in [-0.15, -0.1) is 6.58 Å². The molecule has 0 spiro atoms. The highest BCUT2D eigenvalue weighted by atomic mass is 16.4. The summed E-state index contributed by atoms with van der Waals surface area (Å²) in [4.78, 5) is 78.5. The van der Waals surface area contributed by atoms with Crippen molar-refractivity contribution in [2.45, 2.75) is 115 Å². The molecule has 286 valence electrons. The zero-order chi connectivity index (χ0) is 38.5. The first-order valence-corrected chi connectivity index (χ1v) is 17.4. The van der Waals surface area contributed by atoms with Crippen LogP contribution in [0.15, 0.2) is 36.9 Å². The van der Waals surface area contributed by atoms with E-state index in [4.69, 9.17) is 17.2 Å². The average molecular weight is 719 g/mol. The molecule has 1 rings (SSSR count). The van der Waals surface area contributed by atoms with Crippen molar-refractivity contribution in [1.29, 1.82) is 0 Å². The van der Waals surface area contributed by atoms with Crippen LogP contribution >= 0.6 is 0 Å². The number of phenols is 1. The molecular formula is C35H58N8O8. The van der Waals surface area contributed by atoms with Gasteiger partial charge in [0, 0.05) is 6.42 Å². The molecule has 0 aromatic heterocycles. The molecule has 0 heterocycles. The predicted octanol–water partition coefficient (Wildman–Crippen LogP) is -0.329. The Morgan fingerprint density at radius 2 is 1.12 bits per heavy atom. The van der Waals surface area contributed by atoms with Crippen molar-refractivity contribution in [2.75, 3.05) is 13.1 Å². The summed E-state index contributed by atoms with van der Waals surface area (Å²) in [5.74, 6) is -4.65. The van der Waals surface area contributed by atoms with Crippen molar-refractivity contribution in [1.82, 2.24) is 26.6 Å². The summed E-state index contributed by atoms with van der Waals surface area (Å²) in [6.45, 7) is 9.52. The topological polar surface area (TPSA) is 281 Å². The summed E-state index contributed by atoms with van der Waals surface area (Å²) in [7, 11) is 0. The Labute approximate surface area is 300 Å². The number of rotatable bonds is 25. The molecule has 51 heavy (non-hydrogen) atoms. The van der Waals surface area contributed by atoms with Gasteiger partial charge < -0.3 is 54.0 Å². The summed E-state index contributed by atoms with van der Waals surface area (Å²) in [5, 5.41) is 32.5. The van der Waals surface area contributed by atoms with E-state index in [1.54, 1.807) is 12.1 Å². The number of hydrogen-bond acceptors (Lipinski definition) is 10. The normalized spacial score (nSPS) is 14.6. The fourth-order valence-corrected chi connectivity index (χ4v) is 5.08. The second kappa shape index (κ2) is 23.8. The van der Waals surface area contributed by atoms with Gasteiger partial charge in [0.05, 0.1) is 6.04 Å². The van der Waals surface area contributed by atoms with E-state index in [0.29, 0.717) is 44.3 Å². The maximum Gasteiger partial charge on any atom is 0.326 e. The zero-order valence-electron chi connectivity index (χ0n) is 30.0. The Bertz CT molecular complexity index is 1290. The number of unbranched alkanes of at least 4 members (excludes halogenated alkanes) is 2. The van der Waals surface area contributed by atoms with Gasteiger partial charge in [-0.05, 0) is 95.0 Å². The standard InChI is InChI=1S/C35H58N8O8/c1-5-10-25(31(46)42-28(20-23-13-15-24(44)16-14-23)34(49)43-29(35(50)51)19-21(2)3)40-33(48)27(12-7-9-18-37)41-32(47)26(11-6-8-17-36)39-30(45)22(4)38/h5,13-16,21-22,25-29,44H,1,6-12,17-20,36-38H2,2-4H3,(H,39,45)(H,40,48)(H,41,47)(H,42,46)(H,43,49)(H,50,51)/t22-,25-,26+,27+,28+,29+/m1/s1. The number of nitrogens with two attached hydrogens (primary N) is 3. The van der Waals surface area contributed by atoms with Gasteiger partial charge in [0.25, 0.3) is 0 Å². The molecule has 16 heteroatoms. The number of benzene rings is 1. The first kappa shape index (κ1) is 44.5. The van der Waals surface area contributed by atoms with Gasteiger partial charge in [-0.3, -0.25) is 24.0 Å². The molecule has 6 atom stereocenters. The summed E-state index contributed by atoms with van der Waals surface area (Å²) in [6, 6.07) is -0.744. The van der Waals surface area contributed by atoms with Gasteiger partial charge in [-0.25, -0.2) is 4.79 Å². The van der Waals surface area contributed by atoms with E-state index in [1.165, 1.54) is 25.1 Å². The van der Waals surface area contributed by atoms with Gasteiger partial charge in [0.2, 0.25) is 29.5 Å². The molecule has 0 bridgehead atoms. The van der Waals surface area contributed by atoms with Crippen LogP contribution in [0.4, 0.5) is 0 Å². The third-order valence-corrected chi connectivity index (χ3v) is 7.94. The van der Waals surface area contributed by atoms with Crippen LogP contribution in [0.25, 0.3) is 0 Å². The molecule has 0 aliphatic heterocycles. The smallest absolute Gasteiger partial charge is 0.326 e. The molecule has 16 nitrogen and oxygen atoms in total.